The number of hydrogen-bond acceptors (Lipinski definition) is 8. The van der Waals surface area contributed by atoms with E-state index in [4.69, 9.17) is 98.3 Å². The molecule has 378 valence electrons. The number of cyclic esters (lactones) is 2. The summed E-state index contributed by atoms with van der Waals surface area (Å²) in [5, 5.41) is 0. The van der Waals surface area contributed by atoms with Crippen LogP contribution in [0, 0.1) is 70.8 Å². The lowest BCUT2D eigenvalue weighted by atomic mass is 8.41. The summed E-state index contributed by atoms with van der Waals surface area (Å²) in [6, 6.07) is 21.4. The van der Waals surface area contributed by atoms with E-state index in [2.05, 4.69) is 34.3 Å². The monoisotopic (exact) mass is 1040 g/mol. The average molecular weight is 1040 g/mol. The summed E-state index contributed by atoms with van der Waals surface area (Å²) in [4.78, 5) is 34.1. The number of pyridine rings is 2. The van der Waals surface area contributed by atoms with E-state index in [1.54, 1.807) is 24.5 Å². The predicted molar refractivity (Wildman–Crippen MR) is 340 cm³/mol. The molecule has 10 rings (SSSR count). The normalized spacial score (nSPS) is 29.1. The molecule has 0 amide bonds. The van der Waals surface area contributed by atoms with Crippen molar-refractivity contribution in [1.82, 2.24) is 9.97 Å². The highest BCUT2D eigenvalue weighted by molar-refractivity contribution is 8.17. The number of halogens is 2. The molecular formula is C52H58B18F2N4O4. The van der Waals surface area contributed by atoms with E-state index in [9.17, 15) is 18.4 Å². The van der Waals surface area contributed by atoms with E-state index < -0.39 is 51.1 Å². The second-order valence-electron chi connectivity index (χ2n) is 23.6. The summed E-state index contributed by atoms with van der Waals surface area (Å²) in [7, 11) is 56.7. The Morgan fingerprint density at radius 2 is 0.887 bits per heavy atom. The number of fused-ring (bicyclic) bond motifs is 4. The first-order valence-electron chi connectivity index (χ1n) is 28.4. The molecule has 4 N–H and O–H groups in total. The molecule has 2 aliphatic heterocycles. The molecule has 20 radical (unpaired) electrons. The molecule has 14 atom stereocenters. The van der Waals surface area contributed by atoms with E-state index in [0.29, 0.717) is 23.7 Å². The SMILES string of the molecule is C[C@H]1OC(=O)[C@@H]2C[C@@H]3CC[C@@H](N)C[C@H]3[C@H](/C=C/c3ccc(-c4cccc(F)c4)cn3)[C@H]12.C[C@H]1OC(=O)[C@@H]2C[C@@H]3CC[C@H](N)C[C@H]3[C@H](/C=C/c3ccc(-c4cccc(F)c4)cn3)[C@H]12.[B]B([B])B(B([B])[B])B(B([B])[B])B(B([B])[B])B([B])[B]. The van der Waals surface area contributed by atoms with Crippen LogP contribution in [0.4, 0.5) is 8.78 Å². The molecule has 4 aromatic rings. The van der Waals surface area contributed by atoms with Crippen molar-refractivity contribution in [3.8, 4) is 22.3 Å². The molecule has 8 nitrogen and oxygen atoms in total. The molecule has 0 unspecified atom stereocenters. The molecule has 80 heavy (non-hydrogen) atoms. The second-order valence-corrected chi connectivity index (χ2v) is 23.6. The van der Waals surface area contributed by atoms with Gasteiger partial charge in [-0.2, -0.15) is 0 Å². The highest BCUT2D eigenvalue weighted by atomic mass is 19.1. The first kappa shape index (κ1) is 62.2. The van der Waals surface area contributed by atoms with Gasteiger partial charge in [0, 0.05) is 176 Å². The number of nitrogens with two attached hydrogens (primary N) is 2. The van der Waals surface area contributed by atoms with E-state index in [1.807, 2.05) is 50.2 Å². The van der Waals surface area contributed by atoms with Crippen LogP contribution in [-0.2, 0) is 19.1 Å². The number of esters is 2. The van der Waals surface area contributed by atoms with Gasteiger partial charge in [0.2, 0.25) is 0 Å². The molecule has 28 heteroatoms. The van der Waals surface area contributed by atoms with Crippen LogP contribution in [0.25, 0.3) is 34.4 Å². The van der Waals surface area contributed by atoms with Crippen LogP contribution in [0.2, 0.25) is 0 Å². The second kappa shape index (κ2) is 27.7. The number of rotatable bonds is 13. The number of hydrogen-bond donors (Lipinski definition) is 2. The minimum absolute atomic E-state index is 0.00327. The number of carbonyl (C=O) groups excluding carboxylic acids is 2. The highest BCUT2D eigenvalue weighted by Gasteiger charge is 2.56. The third-order valence-corrected chi connectivity index (χ3v) is 18.4. The van der Waals surface area contributed by atoms with Crippen molar-refractivity contribution in [3.05, 3.63) is 120 Å². The minimum atomic E-state index is -0.853. The standard InChI is InChI=1S/2C26H29FN2O2.B18/c2*1-15-25-22(23-13-20(28)7-5-17(23)12-24(25)26(30)31-15)10-9-21-8-6-18(14-29-21)16-3-2-4-19(27)11-16;1-11(2)16(12(3)4)18(15(9)10)17(13(5)6)14(7)8/h2*2-4,6,8-11,14-15,17,20,22-25H,5,7,12-13,28H2,1H3;/b2*10-9+;/t15-,17+,20+,22+,23-,24-,25+;15-,17+,20-,22+,23-,24-,25+;/m11./s1. The van der Waals surface area contributed by atoms with Crippen molar-refractivity contribution in [2.75, 3.05) is 0 Å². The number of nitrogens with zero attached hydrogens (tertiary/aromatic N) is 2. The Balaban J connectivity index is 0.000000165. The maximum Gasteiger partial charge on any atom is 0.309 e. The molecule has 2 saturated heterocycles. The van der Waals surface area contributed by atoms with Crippen molar-refractivity contribution in [2.24, 2.45) is 70.6 Å². The molecular weight excluding hydrogens is 977 g/mol. The fourth-order valence-electron chi connectivity index (χ4n) is 14.6. The van der Waals surface area contributed by atoms with Crippen LogP contribution in [0.15, 0.2) is 97.3 Å². The van der Waals surface area contributed by atoms with Gasteiger partial charge in [0.25, 0.3) is 0 Å². The van der Waals surface area contributed by atoms with Gasteiger partial charge < -0.3 is 20.9 Å². The van der Waals surface area contributed by atoms with Gasteiger partial charge in [-0.3, -0.25) is 19.6 Å². The lowest BCUT2D eigenvalue weighted by Gasteiger charge is -2.47. The zero-order chi connectivity index (χ0) is 57.7. The Bertz CT molecular complexity index is 2580. The summed E-state index contributed by atoms with van der Waals surface area (Å²) in [5.41, 5.74) is 17.8. The summed E-state index contributed by atoms with van der Waals surface area (Å²) in [6.45, 7) is 4.05. The number of carbonyl (C=O) groups is 2. The molecule has 6 fully saturated rings. The molecule has 4 aliphatic carbocycles. The molecule has 6 aliphatic rings. The Hall–Kier alpha value is -3.89. The third-order valence-electron chi connectivity index (χ3n) is 18.4. The van der Waals surface area contributed by atoms with Gasteiger partial charge >= 0.3 is 11.9 Å². The lowest BCUT2D eigenvalue weighted by molar-refractivity contribution is -0.145. The van der Waals surface area contributed by atoms with E-state index in [1.165, 1.54) is 24.3 Å². The topological polar surface area (TPSA) is 130 Å². The summed E-state index contributed by atoms with van der Waals surface area (Å²) >= 11 is 0. The average Bonchev–Trinajstić information content (AvgIpc) is 3.97. The van der Waals surface area contributed by atoms with Gasteiger partial charge in [0.15, 0.2) is 0 Å². The van der Waals surface area contributed by atoms with Crippen LogP contribution < -0.4 is 11.5 Å². The smallest absolute Gasteiger partial charge is 0.309 e. The zero-order valence-corrected chi connectivity index (χ0v) is 46.0. The molecule has 0 bridgehead atoms. The fraction of sp³-hybridized carbons (Fsp3) is 0.462. The van der Waals surface area contributed by atoms with Crippen molar-refractivity contribution >= 4 is 153 Å². The Morgan fingerprint density at radius 3 is 1.21 bits per heavy atom. The molecule has 0 spiro atoms. The Morgan fingerprint density at radius 1 is 0.512 bits per heavy atom. The van der Waals surface area contributed by atoms with Gasteiger partial charge in [0.1, 0.15) is 23.8 Å². The molecule has 4 saturated carbocycles. The number of ether oxygens (including phenoxy) is 2. The quantitative estimate of drug-likeness (QED) is 0.155. The lowest BCUT2D eigenvalue weighted by Crippen LogP contribution is -2.78. The highest BCUT2D eigenvalue weighted by Crippen LogP contribution is 2.55. The van der Waals surface area contributed by atoms with Crippen LogP contribution in [0.1, 0.15) is 76.6 Å². The summed E-state index contributed by atoms with van der Waals surface area (Å²) < 4.78 is 38.3. The van der Waals surface area contributed by atoms with Crippen molar-refractivity contribution < 1.29 is 27.8 Å². The largest absolute Gasteiger partial charge is 0.462 e. The Kier molecular flexibility index (Phi) is 21.5. The van der Waals surface area contributed by atoms with Gasteiger partial charge in [0.05, 0.1) is 23.2 Å². The van der Waals surface area contributed by atoms with Crippen molar-refractivity contribution in [3.63, 3.8) is 0 Å². The molecule has 4 heterocycles. The van der Waals surface area contributed by atoms with Crippen LogP contribution in [0.5, 0.6) is 0 Å². The Labute approximate surface area is 490 Å². The maximum atomic E-state index is 13.5. The molecule has 2 aromatic heterocycles. The van der Waals surface area contributed by atoms with Gasteiger partial charge in [-0.1, -0.05) is 48.6 Å². The zero-order valence-electron chi connectivity index (χ0n) is 46.0. The van der Waals surface area contributed by atoms with Gasteiger partial charge in [-0.15, -0.1) is 0 Å². The number of benzene rings is 2. The van der Waals surface area contributed by atoms with Crippen LogP contribution in [0.3, 0.4) is 0 Å². The summed E-state index contributed by atoms with van der Waals surface area (Å²) in [5.74, 6) is 2.46. The van der Waals surface area contributed by atoms with Crippen LogP contribution >= 0.6 is 0 Å². The van der Waals surface area contributed by atoms with Gasteiger partial charge in [-0.25, -0.2) is 8.78 Å². The van der Waals surface area contributed by atoms with Gasteiger partial charge in [-0.05, 0) is 160 Å². The first-order chi connectivity index (χ1) is 38.1. The maximum absolute atomic E-state index is 13.5. The van der Waals surface area contributed by atoms with E-state index in [0.717, 1.165) is 85.0 Å². The third kappa shape index (κ3) is 14.7. The fourth-order valence-corrected chi connectivity index (χ4v) is 14.6. The summed E-state index contributed by atoms with van der Waals surface area (Å²) in [6.07, 6.45) is 14.2. The molecule has 2 aromatic carbocycles. The number of allylic oxidation sites excluding steroid dienone is 2. The minimum Gasteiger partial charge on any atom is -0.462 e. The number of aromatic nitrogens is 2. The van der Waals surface area contributed by atoms with E-state index in [-0.39, 0.29) is 83.4 Å². The van der Waals surface area contributed by atoms with E-state index >= 15 is 0 Å². The first-order valence-corrected chi connectivity index (χ1v) is 28.4. The van der Waals surface area contributed by atoms with Crippen LogP contribution in [-0.4, -0.2) is 175 Å². The predicted octanol–water partition coefficient (Wildman–Crippen LogP) is 2.83. The van der Waals surface area contributed by atoms with Crippen molar-refractivity contribution in [2.45, 2.75) is 89.5 Å². The van der Waals surface area contributed by atoms with Crippen molar-refractivity contribution in [1.29, 1.82) is 0 Å².